The standard InChI is InChI=1S/C31H31N3O4S4/c1-3-4-14-40-20-11-9-19(10-12-20)34-23-7-5-6-21(23)22-15-18(8-13-24(22)34)16-25-28(37)33(17-26(35)36)30(41-25)27-29(38)32(2)31(39)42-27/h8-13,15-16,21,23H,3-7,14,17H2,1-2H3,(H,35,36)/b25-16-,30-27+. The summed E-state index contributed by atoms with van der Waals surface area (Å²) < 4.78 is 2.27. The van der Waals surface area contributed by atoms with Gasteiger partial charge in [-0.25, -0.2) is 0 Å². The number of amides is 1. The van der Waals surface area contributed by atoms with Crippen LogP contribution in [0.2, 0.25) is 0 Å². The van der Waals surface area contributed by atoms with E-state index in [1.54, 1.807) is 7.05 Å². The van der Waals surface area contributed by atoms with Crippen LogP contribution in [0, 0.1) is 0 Å². The zero-order valence-electron chi connectivity index (χ0n) is 23.4. The molecule has 2 atom stereocenters. The summed E-state index contributed by atoms with van der Waals surface area (Å²) >= 11 is 9.41. The highest BCUT2D eigenvalue weighted by atomic mass is 32.2. The number of nitrogens with zero attached hydrogens (tertiary/aromatic N) is 3. The minimum atomic E-state index is -1.15. The van der Waals surface area contributed by atoms with Crippen molar-refractivity contribution in [1.29, 1.82) is 0 Å². The van der Waals surface area contributed by atoms with Crippen LogP contribution in [0.25, 0.3) is 11.0 Å². The first-order valence-electron chi connectivity index (χ1n) is 14.1. The number of anilines is 2. The van der Waals surface area contributed by atoms with Crippen LogP contribution < -0.4 is 19.7 Å². The second kappa shape index (κ2) is 12.0. The topological polar surface area (TPSA) is 82.8 Å². The molecule has 0 radical (unpaired) electrons. The third-order valence-corrected chi connectivity index (χ3v) is 12.0. The van der Waals surface area contributed by atoms with Gasteiger partial charge in [0.05, 0.1) is 4.53 Å². The summed E-state index contributed by atoms with van der Waals surface area (Å²) in [6.07, 6.45) is 7.68. The van der Waals surface area contributed by atoms with E-state index < -0.39 is 18.1 Å². The highest BCUT2D eigenvalue weighted by Gasteiger charge is 2.42. The van der Waals surface area contributed by atoms with Crippen molar-refractivity contribution >= 4 is 85.6 Å². The average molecular weight is 638 g/mol. The van der Waals surface area contributed by atoms with Crippen LogP contribution in [0.5, 0.6) is 0 Å². The fraction of sp³-hybridized carbons (Fsp3) is 0.355. The van der Waals surface area contributed by atoms with E-state index in [1.165, 1.54) is 50.6 Å². The van der Waals surface area contributed by atoms with Crippen LogP contribution in [-0.2, 0) is 16.1 Å². The molecule has 2 aliphatic heterocycles. The molecule has 7 nitrogen and oxygen atoms in total. The van der Waals surface area contributed by atoms with E-state index in [0.717, 1.165) is 47.3 Å². The summed E-state index contributed by atoms with van der Waals surface area (Å²) in [6, 6.07) is 15.7. The van der Waals surface area contributed by atoms with Crippen molar-refractivity contribution in [1.82, 2.24) is 9.47 Å². The lowest BCUT2D eigenvalue weighted by atomic mass is 9.96. The third-order valence-electron chi connectivity index (χ3n) is 8.06. The van der Waals surface area contributed by atoms with Gasteiger partial charge in [0.2, 0.25) is 0 Å². The lowest BCUT2D eigenvalue weighted by Gasteiger charge is -2.27. The first-order valence-corrected chi connectivity index (χ1v) is 17.1. The largest absolute Gasteiger partial charge is 0.480 e. The Balaban J connectivity index is 1.38. The monoisotopic (exact) mass is 637 g/mol. The van der Waals surface area contributed by atoms with Crippen LogP contribution in [0.1, 0.15) is 56.1 Å². The number of thiazole rings is 1. The van der Waals surface area contributed by atoms with E-state index in [1.807, 2.05) is 23.9 Å². The van der Waals surface area contributed by atoms with Gasteiger partial charge in [0.1, 0.15) is 20.4 Å². The Morgan fingerprint density at radius 3 is 2.64 bits per heavy atom. The number of thioether (sulfide) groups is 2. The van der Waals surface area contributed by atoms with Crippen molar-refractivity contribution in [3.63, 3.8) is 0 Å². The van der Waals surface area contributed by atoms with E-state index in [-0.39, 0.29) is 5.91 Å². The highest BCUT2D eigenvalue weighted by molar-refractivity contribution is 8.30. The third kappa shape index (κ3) is 5.36. The van der Waals surface area contributed by atoms with Gasteiger partial charge >= 0.3 is 5.97 Å². The van der Waals surface area contributed by atoms with Crippen LogP contribution in [0.4, 0.5) is 11.4 Å². The SMILES string of the molecule is CCCCSc1ccc(N2c3ccc(/C=c4\s/c(=C5/SC(=S)N(C)C5=O)n(CC(=O)O)c4=O)cc3C3CCCC32)cc1. The molecule has 2 aromatic carbocycles. The molecule has 6 rings (SSSR count). The van der Waals surface area contributed by atoms with E-state index in [4.69, 9.17) is 12.2 Å². The van der Waals surface area contributed by atoms with Crippen molar-refractivity contribution in [3.05, 3.63) is 73.1 Å². The number of benzene rings is 2. The molecule has 1 aromatic heterocycles. The molecule has 1 N–H and O–H groups in total. The molecule has 218 valence electrons. The minimum absolute atomic E-state index is 0.290. The Hall–Kier alpha value is -2.86. The molecule has 0 bridgehead atoms. The number of carbonyl (C=O) groups is 2. The molecule has 1 saturated heterocycles. The average Bonchev–Trinajstić information content (AvgIpc) is 3.70. The lowest BCUT2D eigenvalue weighted by Crippen LogP contribution is -2.35. The smallest absolute Gasteiger partial charge is 0.323 e. The van der Waals surface area contributed by atoms with Gasteiger partial charge in [0, 0.05) is 35.3 Å². The number of fused-ring (bicyclic) bond motifs is 3. The fourth-order valence-electron chi connectivity index (χ4n) is 6.03. The van der Waals surface area contributed by atoms with E-state index >= 15 is 0 Å². The first-order chi connectivity index (χ1) is 20.3. The molecule has 1 saturated carbocycles. The predicted molar refractivity (Wildman–Crippen MR) is 176 cm³/mol. The van der Waals surface area contributed by atoms with Gasteiger partial charge in [0.25, 0.3) is 11.5 Å². The Morgan fingerprint density at radius 2 is 1.95 bits per heavy atom. The van der Waals surface area contributed by atoms with E-state index in [9.17, 15) is 19.5 Å². The van der Waals surface area contributed by atoms with Crippen molar-refractivity contribution in [3.8, 4) is 0 Å². The zero-order chi connectivity index (χ0) is 29.5. The van der Waals surface area contributed by atoms with Gasteiger partial charge < -0.3 is 10.0 Å². The molecular formula is C31H31N3O4S4. The molecule has 2 unspecified atom stereocenters. The number of carboxylic acid groups (broad SMARTS) is 1. The second-order valence-corrected chi connectivity index (χ2v) is 14.6. The number of carbonyl (C=O) groups excluding carboxylic acids is 1. The van der Waals surface area contributed by atoms with E-state index in [0.29, 0.717) is 30.4 Å². The van der Waals surface area contributed by atoms with Gasteiger partial charge in [-0.05, 0) is 78.6 Å². The summed E-state index contributed by atoms with van der Waals surface area (Å²) in [7, 11) is 1.58. The second-order valence-electron chi connectivity index (χ2n) is 10.8. The molecular weight excluding hydrogens is 607 g/mol. The number of hydrogen-bond acceptors (Lipinski definition) is 8. The molecule has 3 heterocycles. The maximum Gasteiger partial charge on any atom is 0.323 e. The maximum atomic E-state index is 13.4. The van der Waals surface area contributed by atoms with Crippen molar-refractivity contribution in [2.24, 2.45) is 0 Å². The minimum Gasteiger partial charge on any atom is -0.480 e. The number of rotatable bonds is 8. The van der Waals surface area contributed by atoms with Crippen LogP contribution in [-0.4, -0.2) is 49.6 Å². The molecule has 1 aliphatic carbocycles. The lowest BCUT2D eigenvalue weighted by molar-refractivity contribution is -0.137. The molecule has 11 heteroatoms. The predicted octanol–water partition coefficient (Wildman–Crippen LogP) is 5.10. The van der Waals surface area contributed by atoms with Crippen molar-refractivity contribution < 1.29 is 14.7 Å². The Morgan fingerprint density at radius 1 is 1.17 bits per heavy atom. The fourth-order valence-corrected chi connectivity index (χ4v) is 9.46. The van der Waals surface area contributed by atoms with Gasteiger partial charge in [-0.1, -0.05) is 49.8 Å². The Labute approximate surface area is 261 Å². The summed E-state index contributed by atoms with van der Waals surface area (Å²) in [4.78, 5) is 43.2. The molecule has 2 fully saturated rings. The number of thiocarbonyl (C=S) groups is 1. The molecule has 0 spiro atoms. The van der Waals surface area contributed by atoms with Crippen molar-refractivity contribution in [2.45, 2.75) is 62.4 Å². The number of unbranched alkanes of at least 4 members (excludes halogenated alkanes) is 1. The maximum absolute atomic E-state index is 13.4. The summed E-state index contributed by atoms with van der Waals surface area (Å²) in [6.45, 7) is 1.69. The van der Waals surface area contributed by atoms with Crippen LogP contribution in [0.15, 0.2) is 52.2 Å². The molecule has 1 amide bonds. The quantitative estimate of drug-likeness (QED) is 0.208. The van der Waals surface area contributed by atoms with Gasteiger partial charge in [0.15, 0.2) is 0 Å². The normalized spacial score (nSPS) is 21.4. The van der Waals surface area contributed by atoms with Crippen LogP contribution in [0.3, 0.4) is 0 Å². The number of carboxylic acids is 1. The number of hydrogen-bond donors (Lipinski definition) is 1. The molecule has 42 heavy (non-hydrogen) atoms. The van der Waals surface area contributed by atoms with E-state index in [2.05, 4.69) is 48.2 Å². The van der Waals surface area contributed by atoms with Crippen molar-refractivity contribution in [2.75, 3.05) is 17.7 Å². The van der Waals surface area contributed by atoms with Crippen LogP contribution >= 0.6 is 47.1 Å². The van der Waals surface area contributed by atoms with Gasteiger partial charge in [-0.15, -0.1) is 23.1 Å². The molecule has 3 aromatic rings. The Kier molecular flexibility index (Phi) is 8.37. The number of aromatic nitrogens is 1. The Bertz CT molecular complexity index is 1760. The zero-order valence-corrected chi connectivity index (χ0v) is 26.6. The first kappa shape index (κ1) is 29.2. The highest BCUT2D eigenvalue weighted by Crippen LogP contribution is 2.52. The summed E-state index contributed by atoms with van der Waals surface area (Å²) in [5, 5.41) is 9.49. The van der Waals surface area contributed by atoms with Gasteiger partial charge in [-0.2, -0.15) is 0 Å². The van der Waals surface area contributed by atoms with Gasteiger partial charge in [-0.3, -0.25) is 23.9 Å². The summed E-state index contributed by atoms with van der Waals surface area (Å²) in [5.74, 6) is 0.0917. The molecule has 3 aliphatic rings. The summed E-state index contributed by atoms with van der Waals surface area (Å²) in [5.41, 5.74) is 4.18. The number of aliphatic carboxylic acids is 1.